The van der Waals surface area contributed by atoms with Crippen LogP contribution in [0.2, 0.25) is 0 Å². The molecule has 1 unspecified atom stereocenters. The predicted molar refractivity (Wildman–Crippen MR) is 139 cm³/mol. The summed E-state index contributed by atoms with van der Waals surface area (Å²) in [6, 6.07) is 19.0. The maximum Gasteiger partial charge on any atom is 0.251 e. The first-order valence-electron chi connectivity index (χ1n) is 12.6. The molecule has 7 nitrogen and oxygen atoms in total. The molecule has 1 atom stereocenters. The van der Waals surface area contributed by atoms with Gasteiger partial charge in [-0.3, -0.25) is 9.59 Å². The summed E-state index contributed by atoms with van der Waals surface area (Å²) >= 11 is 0. The van der Waals surface area contributed by atoms with Gasteiger partial charge in [0, 0.05) is 29.4 Å². The maximum absolute atomic E-state index is 14.3. The minimum absolute atomic E-state index is 0.0748. The number of hydrogen-bond donors (Lipinski definition) is 1. The third-order valence-corrected chi connectivity index (χ3v) is 7.39. The second kappa shape index (κ2) is 8.54. The van der Waals surface area contributed by atoms with E-state index in [1.807, 2.05) is 60.7 Å². The number of nitrogens with zero attached hydrogens (tertiary/aromatic N) is 1. The molecule has 0 bridgehead atoms. The Labute approximate surface area is 216 Å². The van der Waals surface area contributed by atoms with E-state index in [2.05, 4.69) is 26.1 Å². The number of benzene rings is 3. The molecular weight excluding hydrogens is 468 g/mol. The molecule has 0 radical (unpaired) electrons. The number of hydrogen-bond acceptors (Lipinski definition) is 5. The Morgan fingerprint density at radius 3 is 2.49 bits per heavy atom. The van der Waals surface area contributed by atoms with Crippen LogP contribution < -0.4 is 24.4 Å². The topological polar surface area (TPSA) is 77.1 Å². The minimum Gasteiger partial charge on any atom is -0.491 e. The van der Waals surface area contributed by atoms with Crippen LogP contribution in [0.5, 0.6) is 17.2 Å². The van der Waals surface area contributed by atoms with Crippen LogP contribution in [-0.2, 0) is 16.8 Å². The Morgan fingerprint density at radius 1 is 0.946 bits per heavy atom. The lowest BCUT2D eigenvalue weighted by Gasteiger charge is -2.24. The van der Waals surface area contributed by atoms with Gasteiger partial charge in [-0.2, -0.15) is 0 Å². The third-order valence-electron chi connectivity index (χ3n) is 7.39. The Hall–Kier alpha value is -4.00. The molecule has 3 heterocycles. The summed E-state index contributed by atoms with van der Waals surface area (Å²) < 4.78 is 17.2. The molecule has 3 aromatic rings. The molecule has 3 aromatic carbocycles. The molecule has 7 heteroatoms. The molecular formula is C30H30N2O5. The highest BCUT2D eigenvalue weighted by atomic mass is 16.7. The molecule has 2 amide bonds. The van der Waals surface area contributed by atoms with Crippen LogP contribution in [0, 0.1) is 5.41 Å². The summed E-state index contributed by atoms with van der Waals surface area (Å²) in [6.45, 7) is 7.67. The quantitative estimate of drug-likeness (QED) is 0.547. The Kier molecular flexibility index (Phi) is 5.40. The van der Waals surface area contributed by atoms with Crippen molar-refractivity contribution in [2.24, 2.45) is 5.41 Å². The number of fused-ring (bicyclic) bond motifs is 5. The van der Waals surface area contributed by atoms with E-state index in [1.54, 1.807) is 4.90 Å². The predicted octanol–water partition coefficient (Wildman–Crippen LogP) is 4.81. The number of carbonyl (C=O) groups excluding carboxylic acids is 2. The highest BCUT2D eigenvalue weighted by Crippen LogP contribution is 2.55. The molecule has 37 heavy (non-hydrogen) atoms. The van der Waals surface area contributed by atoms with Gasteiger partial charge >= 0.3 is 0 Å². The van der Waals surface area contributed by atoms with E-state index in [0.29, 0.717) is 29.4 Å². The van der Waals surface area contributed by atoms with Gasteiger partial charge in [0.2, 0.25) is 12.7 Å². The van der Waals surface area contributed by atoms with Crippen molar-refractivity contribution >= 4 is 17.5 Å². The van der Waals surface area contributed by atoms with Crippen LogP contribution in [0.1, 0.15) is 54.2 Å². The van der Waals surface area contributed by atoms with Gasteiger partial charge in [-0.05, 0) is 41.2 Å². The molecule has 6 rings (SSSR count). The Morgan fingerprint density at radius 2 is 1.68 bits per heavy atom. The van der Waals surface area contributed by atoms with E-state index < -0.39 is 5.41 Å². The number of ether oxygens (including phenoxy) is 3. The number of para-hydroxylation sites is 1. The van der Waals surface area contributed by atoms with Crippen LogP contribution in [-0.4, -0.2) is 31.8 Å². The molecule has 0 saturated heterocycles. The monoisotopic (exact) mass is 498 g/mol. The average Bonchev–Trinajstić information content (AvgIpc) is 3.55. The number of rotatable bonds is 5. The summed E-state index contributed by atoms with van der Waals surface area (Å²) in [5, 5.41) is 3.05. The van der Waals surface area contributed by atoms with Crippen molar-refractivity contribution in [3.05, 3.63) is 82.9 Å². The first-order chi connectivity index (χ1) is 17.8. The molecule has 0 aromatic heterocycles. The van der Waals surface area contributed by atoms with E-state index in [1.165, 1.54) is 0 Å². The standard InChI is InChI=1S/C30H30N2O5/c1-29(2,3)12-13-31-27(33)20-9-5-4-8-19(20)16-32-23-11-7-6-10-21(23)30(28(32)34)17-35-24-15-26-25(14-22(24)30)36-18-37-26/h4-11,14-15H,12-13,16-18H2,1-3H3,(H,31,33). The lowest BCUT2D eigenvalue weighted by Crippen LogP contribution is -2.42. The second-order valence-corrected chi connectivity index (χ2v) is 11.0. The van der Waals surface area contributed by atoms with Crippen molar-refractivity contribution in [2.75, 3.05) is 24.8 Å². The zero-order chi connectivity index (χ0) is 25.8. The van der Waals surface area contributed by atoms with Crippen molar-refractivity contribution in [1.29, 1.82) is 0 Å². The fourth-order valence-electron chi connectivity index (χ4n) is 5.42. The Bertz CT molecular complexity index is 1410. The van der Waals surface area contributed by atoms with Gasteiger partial charge < -0.3 is 24.4 Å². The van der Waals surface area contributed by atoms with Crippen LogP contribution >= 0.6 is 0 Å². The van der Waals surface area contributed by atoms with E-state index in [0.717, 1.165) is 28.8 Å². The van der Waals surface area contributed by atoms with E-state index in [9.17, 15) is 9.59 Å². The first kappa shape index (κ1) is 23.4. The van der Waals surface area contributed by atoms with Gasteiger partial charge in [-0.25, -0.2) is 0 Å². The van der Waals surface area contributed by atoms with Crippen LogP contribution in [0.15, 0.2) is 60.7 Å². The van der Waals surface area contributed by atoms with Crippen LogP contribution in [0.25, 0.3) is 0 Å². The van der Waals surface area contributed by atoms with Crippen molar-refractivity contribution in [2.45, 2.75) is 39.2 Å². The molecule has 1 N–H and O–H groups in total. The summed E-state index contributed by atoms with van der Waals surface area (Å²) in [5.41, 5.74) is 3.02. The van der Waals surface area contributed by atoms with E-state index in [-0.39, 0.29) is 37.2 Å². The highest BCUT2D eigenvalue weighted by molar-refractivity contribution is 6.11. The van der Waals surface area contributed by atoms with Crippen molar-refractivity contribution in [3.8, 4) is 17.2 Å². The number of carbonyl (C=O) groups is 2. The van der Waals surface area contributed by atoms with Gasteiger partial charge in [0.05, 0.1) is 6.54 Å². The molecule has 3 aliphatic heterocycles. The lowest BCUT2D eigenvalue weighted by molar-refractivity contribution is -0.122. The van der Waals surface area contributed by atoms with Gasteiger partial charge in [0.15, 0.2) is 11.5 Å². The SMILES string of the molecule is CC(C)(C)CCNC(=O)c1ccccc1CN1C(=O)C2(COc3cc4c(cc32)OCO4)c2ccccc21. The smallest absolute Gasteiger partial charge is 0.251 e. The number of nitrogens with one attached hydrogen (secondary N) is 1. The van der Waals surface area contributed by atoms with Crippen molar-refractivity contribution in [3.63, 3.8) is 0 Å². The average molecular weight is 499 g/mol. The zero-order valence-electron chi connectivity index (χ0n) is 21.3. The number of anilines is 1. The fourth-order valence-corrected chi connectivity index (χ4v) is 5.42. The third kappa shape index (κ3) is 3.80. The van der Waals surface area contributed by atoms with Gasteiger partial charge in [0.1, 0.15) is 17.8 Å². The zero-order valence-corrected chi connectivity index (χ0v) is 21.3. The van der Waals surface area contributed by atoms with Crippen molar-refractivity contribution < 1.29 is 23.8 Å². The van der Waals surface area contributed by atoms with Crippen LogP contribution in [0.3, 0.4) is 0 Å². The van der Waals surface area contributed by atoms with Gasteiger partial charge in [-0.1, -0.05) is 57.2 Å². The van der Waals surface area contributed by atoms with Gasteiger partial charge in [-0.15, -0.1) is 0 Å². The summed E-state index contributed by atoms with van der Waals surface area (Å²) in [6.07, 6.45) is 0.874. The summed E-state index contributed by atoms with van der Waals surface area (Å²) in [7, 11) is 0. The fraction of sp³-hybridized carbons (Fsp3) is 0.333. The van der Waals surface area contributed by atoms with E-state index in [4.69, 9.17) is 14.2 Å². The molecule has 0 fully saturated rings. The largest absolute Gasteiger partial charge is 0.491 e. The summed E-state index contributed by atoms with van der Waals surface area (Å²) in [4.78, 5) is 29.2. The van der Waals surface area contributed by atoms with Crippen LogP contribution in [0.4, 0.5) is 5.69 Å². The minimum atomic E-state index is -0.975. The highest BCUT2D eigenvalue weighted by Gasteiger charge is 2.57. The molecule has 190 valence electrons. The first-order valence-corrected chi connectivity index (χ1v) is 12.6. The lowest BCUT2D eigenvalue weighted by atomic mass is 9.77. The molecule has 0 aliphatic carbocycles. The van der Waals surface area contributed by atoms with Gasteiger partial charge in [0.25, 0.3) is 5.91 Å². The second-order valence-electron chi connectivity index (χ2n) is 11.0. The maximum atomic E-state index is 14.3. The molecule has 1 spiro atoms. The van der Waals surface area contributed by atoms with Crippen molar-refractivity contribution in [1.82, 2.24) is 5.32 Å². The summed E-state index contributed by atoms with van der Waals surface area (Å²) in [5.74, 6) is 1.67. The normalized spacial score (nSPS) is 19.1. The Balaban J connectivity index is 1.34. The number of amides is 2. The molecule has 3 aliphatic rings. The van der Waals surface area contributed by atoms with E-state index >= 15 is 0 Å². The molecule has 0 saturated carbocycles.